The molecule has 5 nitrogen and oxygen atoms in total. The van der Waals surface area contributed by atoms with E-state index < -0.39 is 9.84 Å². The zero-order chi connectivity index (χ0) is 13.2. The van der Waals surface area contributed by atoms with Crippen LogP contribution < -0.4 is 0 Å². The molecule has 98 valence electrons. The minimum atomic E-state index is -2.96. The van der Waals surface area contributed by atoms with E-state index in [1.165, 1.54) is 0 Å². The molecule has 2 rings (SSSR count). The molecule has 0 N–H and O–H groups in total. The number of aromatic nitrogens is 1. The van der Waals surface area contributed by atoms with Crippen LogP contribution in [-0.4, -0.2) is 62.2 Å². The molecule has 1 saturated heterocycles. The Balaban J connectivity index is 2.15. The van der Waals surface area contributed by atoms with E-state index in [2.05, 4.69) is 9.98 Å². The van der Waals surface area contributed by atoms with Crippen LogP contribution in [0.2, 0.25) is 0 Å². The predicted octanol–water partition coefficient (Wildman–Crippen LogP) is 0.228. The number of likely N-dealkylation sites (N-methyl/N-ethyl adjacent to an activating group) is 1. The van der Waals surface area contributed by atoms with Crippen molar-refractivity contribution in [3.63, 3.8) is 0 Å². The van der Waals surface area contributed by atoms with E-state index in [4.69, 9.17) is 0 Å². The summed E-state index contributed by atoms with van der Waals surface area (Å²) in [5.74, 6) is 0.329. The van der Waals surface area contributed by atoms with Gasteiger partial charge in [0.25, 0.3) is 0 Å². The standard InChI is InChI=1S/C12H17N3O2S/c1-15(2)12-9-18(16,17)8-11(12)14-7-10-3-5-13-6-4-10/h3-7,11-12H,8-9H2,1-2H3/t11-,12+/m1/s1. The molecule has 6 heteroatoms. The average Bonchev–Trinajstić information content (AvgIpc) is 2.64. The summed E-state index contributed by atoms with van der Waals surface area (Å²) >= 11 is 0. The summed E-state index contributed by atoms with van der Waals surface area (Å²) in [5, 5.41) is 0. The molecule has 1 aromatic rings. The first-order valence-electron chi connectivity index (χ1n) is 5.78. The van der Waals surface area contributed by atoms with Gasteiger partial charge in [-0.3, -0.25) is 9.98 Å². The van der Waals surface area contributed by atoms with E-state index in [1.807, 2.05) is 31.1 Å². The fourth-order valence-electron chi connectivity index (χ4n) is 2.08. The Kier molecular flexibility index (Phi) is 3.77. The Morgan fingerprint density at radius 1 is 1.33 bits per heavy atom. The molecule has 0 unspecified atom stereocenters. The van der Waals surface area contributed by atoms with Crippen LogP contribution >= 0.6 is 0 Å². The van der Waals surface area contributed by atoms with Crippen LogP contribution in [0, 0.1) is 0 Å². The lowest BCUT2D eigenvalue weighted by Gasteiger charge is -2.21. The Morgan fingerprint density at radius 2 is 2.00 bits per heavy atom. The average molecular weight is 267 g/mol. The molecule has 0 radical (unpaired) electrons. The Labute approximate surface area is 107 Å². The monoisotopic (exact) mass is 267 g/mol. The smallest absolute Gasteiger partial charge is 0.154 e. The molecular formula is C12H17N3O2S. The normalized spacial score (nSPS) is 27.1. The molecule has 1 aliphatic rings. The Morgan fingerprint density at radius 3 is 2.61 bits per heavy atom. The lowest BCUT2D eigenvalue weighted by atomic mass is 10.1. The van der Waals surface area contributed by atoms with Gasteiger partial charge in [0.15, 0.2) is 9.84 Å². The molecule has 0 aliphatic carbocycles. The number of nitrogens with zero attached hydrogens (tertiary/aromatic N) is 3. The first-order chi connectivity index (χ1) is 8.48. The van der Waals surface area contributed by atoms with Gasteiger partial charge in [0, 0.05) is 24.7 Å². The van der Waals surface area contributed by atoms with E-state index in [-0.39, 0.29) is 23.6 Å². The zero-order valence-corrected chi connectivity index (χ0v) is 11.3. The van der Waals surface area contributed by atoms with E-state index in [0.29, 0.717) is 0 Å². The molecule has 1 aromatic heterocycles. The third kappa shape index (κ3) is 3.14. The van der Waals surface area contributed by atoms with Crippen LogP contribution in [0.4, 0.5) is 0 Å². The molecule has 0 saturated carbocycles. The van der Waals surface area contributed by atoms with Crippen molar-refractivity contribution in [3.05, 3.63) is 30.1 Å². The van der Waals surface area contributed by atoms with Crippen molar-refractivity contribution < 1.29 is 8.42 Å². The first kappa shape index (κ1) is 13.2. The Bertz CT molecular complexity index is 526. The largest absolute Gasteiger partial charge is 0.303 e. The maximum absolute atomic E-state index is 11.7. The van der Waals surface area contributed by atoms with E-state index >= 15 is 0 Å². The molecule has 1 aliphatic heterocycles. The fraction of sp³-hybridized carbons (Fsp3) is 0.500. The van der Waals surface area contributed by atoms with Crippen molar-refractivity contribution in [1.82, 2.24) is 9.88 Å². The Hall–Kier alpha value is -1.27. The summed E-state index contributed by atoms with van der Waals surface area (Å²) in [5.41, 5.74) is 0.937. The third-order valence-corrected chi connectivity index (χ3v) is 4.78. The van der Waals surface area contributed by atoms with Gasteiger partial charge < -0.3 is 4.90 Å². The van der Waals surface area contributed by atoms with E-state index in [0.717, 1.165) is 5.56 Å². The van der Waals surface area contributed by atoms with Crippen molar-refractivity contribution >= 4 is 16.1 Å². The third-order valence-electron chi connectivity index (χ3n) is 3.08. The fourth-order valence-corrected chi connectivity index (χ4v) is 4.08. The lowest BCUT2D eigenvalue weighted by molar-refractivity contribution is 0.297. The molecule has 1 fully saturated rings. The summed E-state index contributed by atoms with van der Waals surface area (Å²) in [4.78, 5) is 10.3. The summed E-state index contributed by atoms with van der Waals surface area (Å²) in [7, 11) is 0.817. The number of pyridine rings is 1. The molecule has 0 aromatic carbocycles. The SMILES string of the molecule is CN(C)[C@H]1CS(=O)(=O)C[C@H]1N=Cc1ccncc1. The number of hydrogen-bond acceptors (Lipinski definition) is 5. The van der Waals surface area contributed by atoms with Gasteiger partial charge in [-0.2, -0.15) is 0 Å². The van der Waals surface area contributed by atoms with Gasteiger partial charge in [-0.25, -0.2) is 8.42 Å². The number of sulfone groups is 1. The van der Waals surface area contributed by atoms with Crippen LogP contribution in [0.3, 0.4) is 0 Å². The van der Waals surface area contributed by atoms with Crippen LogP contribution in [0.1, 0.15) is 5.56 Å². The summed E-state index contributed by atoms with van der Waals surface area (Å²) < 4.78 is 23.3. The van der Waals surface area contributed by atoms with Gasteiger partial charge in [0.2, 0.25) is 0 Å². The number of rotatable bonds is 3. The van der Waals surface area contributed by atoms with Gasteiger partial charge in [-0.15, -0.1) is 0 Å². The second-order valence-corrected chi connectivity index (χ2v) is 6.89. The minimum Gasteiger partial charge on any atom is -0.303 e. The highest BCUT2D eigenvalue weighted by Crippen LogP contribution is 2.19. The van der Waals surface area contributed by atoms with E-state index in [1.54, 1.807) is 18.6 Å². The summed E-state index contributed by atoms with van der Waals surface area (Å²) in [6.45, 7) is 0. The van der Waals surface area contributed by atoms with Gasteiger partial charge in [-0.05, 0) is 31.8 Å². The van der Waals surface area contributed by atoms with Crippen LogP contribution in [0.15, 0.2) is 29.5 Å². The maximum Gasteiger partial charge on any atom is 0.154 e. The second-order valence-electron chi connectivity index (χ2n) is 4.73. The molecule has 0 amide bonds. The highest BCUT2D eigenvalue weighted by molar-refractivity contribution is 7.91. The van der Waals surface area contributed by atoms with Gasteiger partial charge in [0.1, 0.15) is 0 Å². The maximum atomic E-state index is 11.7. The second kappa shape index (κ2) is 5.16. The molecule has 2 atom stereocenters. The lowest BCUT2D eigenvalue weighted by Crippen LogP contribution is -2.37. The molecular weight excluding hydrogens is 250 g/mol. The summed E-state index contributed by atoms with van der Waals surface area (Å²) in [6, 6.07) is 3.47. The van der Waals surface area contributed by atoms with Gasteiger partial charge in [0.05, 0.1) is 17.5 Å². The van der Waals surface area contributed by atoms with Crippen molar-refractivity contribution in [2.45, 2.75) is 12.1 Å². The van der Waals surface area contributed by atoms with Crippen molar-refractivity contribution in [3.8, 4) is 0 Å². The van der Waals surface area contributed by atoms with E-state index in [9.17, 15) is 8.42 Å². The molecule has 0 bridgehead atoms. The van der Waals surface area contributed by atoms with Crippen LogP contribution in [0.5, 0.6) is 0 Å². The van der Waals surface area contributed by atoms with Crippen LogP contribution in [0.25, 0.3) is 0 Å². The van der Waals surface area contributed by atoms with Crippen LogP contribution in [-0.2, 0) is 9.84 Å². The predicted molar refractivity (Wildman–Crippen MR) is 71.7 cm³/mol. The highest BCUT2D eigenvalue weighted by Gasteiger charge is 2.38. The van der Waals surface area contributed by atoms with Crippen molar-refractivity contribution in [2.24, 2.45) is 4.99 Å². The molecule has 0 spiro atoms. The van der Waals surface area contributed by atoms with Gasteiger partial charge >= 0.3 is 0 Å². The molecule has 18 heavy (non-hydrogen) atoms. The minimum absolute atomic E-state index is 0.0342. The molecule has 2 heterocycles. The number of aliphatic imine (C=N–C) groups is 1. The quantitative estimate of drug-likeness (QED) is 0.735. The topological polar surface area (TPSA) is 62.6 Å². The first-order valence-corrected chi connectivity index (χ1v) is 7.60. The van der Waals surface area contributed by atoms with Crippen molar-refractivity contribution in [1.29, 1.82) is 0 Å². The van der Waals surface area contributed by atoms with Gasteiger partial charge in [-0.1, -0.05) is 0 Å². The van der Waals surface area contributed by atoms with Crippen molar-refractivity contribution in [2.75, 3.05) is 25.6 Å². The summed E-state index contributed by atoms with van der Waals surface area (Å²) in [6.07, 6.45) is 5.11. The number of hydrogen-bond donors (Lipinski definition) is 0. The highest BCUT2D eigenvalue weighted by atomic mass is 32.2. The zero-order valence-electron chi connectivity index (χ0n) is 10.5.